The van der Waals surface area contributed by atoms with Gasteiger partial charge in [0.05, 0.1) is 0 Å². The summed E-state index contributed by atoms with van der Waals surface area (Å²) in [5.74, 6) is 0. The van der Waals surface area contributed by atoms with E-state index in [2.05, 4.69) is 24.3 Å². The van der Waals surface area contributed by atoms with Crippen molar-refractivity contribution in [3.63, 3.8) is 0 Å². The molecule has 2 aromatic carbocycles. The summed E-state index contributed by atoms with van der Waals surface area (Å²) in [5.41, 5.74) is 2.67. The molecule has 86 valence electrons. The lowest BCUT2D eigenvalue weighted by molar-refractivity contribution is 0.821. The van der Waals surface area contributed by atoms with E-state index in [-0.39, 0.29) is 5.43 Å². The van der Waals surface area contributed by atoms with E-state index in [4.69, 9.17) is 0 Å². The van der Waals surface area contributed by atoms with Crippen LogP contribution in [0, 0.1) is 0 Å². The Bertz CT molecular complexity index is 517. The quantitative estimate of drug-likeness (QED) is 0.779. The van der Waals surface area contributed by atoms with Crippen molar-refractivity contribution in [1.82, 2.24) is 0 Å². The van der Waals surface area contributed by atoms with Crippen LogP contribution in [0.1, 0.15) is 17.5 Å². The van der Waals surface area contributed by atoms with Gasteiger partial charge in [-0.15, -0.1) is 0 Å². The lowest BCUT2D eigenvalue weighted by atomic mass is 10.1. The zero-order valence-electron chi connectivity index (χ0n) is 9.80. The standard InChI is InChI=1S/C16H16O/c17-16-11-5-10-15(12-13-16)9-4-8-14-6-2-1-3-7-14/h1-3,5-7,10-13H,4,8-9H2. The molecule has 0 aliphatic rings. The Morgan fingerprint density at radius 2 is 1.29 bits per heavy atom. The van der Waals surface area contributed by atoms with Crippen molar-refractivity contribution in [2.24, 2.45) is 0 Å². The predicted octanol–water partition coefficient (Wildman–Crippen LogP) is 3.22. The van der Waals surface area contributed by atoms with E-state index >= 15 is 0 Å². The summed E-state index contributed by atoms with van der Waals surface area (Å²) < 4.78 is 0. The Morgan fingerprint density at radius 3 is 2.06 bits per heavy atom. The molecule has 2 rings (SSSR count). The molecule has 0 saturated heterocycles. The van der Waals surface area contributed by atoms with Crippen molar-refractivity contribution in [1.29, 1.82) is 0 Å². The highest BCUT2D eigenvalue weighted by Gasteiger charge is 1.94. The summed E-state index contributed by atoms with van der Waals surface area (Å²) in [6, 6.07) is 19.5. The number of aryl methyl sites for hydroxylation is 2. The van der Waals surface area contributed by atoms with Crippen molar-refractivity contribution >= 4 is 0 Å². The van der Waals surface area contributed by atoms with Crippen molar-refractivity contribution in [3.8, 4) is 0 Å². The Morgan fingerprint density at radius 1 is 0.647 bits per heavy atom. The van der Waals surface area contributed by atoms with Gasteiger partial charge in [0.15, 0.2) is 5.43 Å². The van der Waals surface area contributed by atoms with E-state index in [0.29, 0.717) is 0 Å². The van der Waals surface area contributed by atoms with Gasteiger partial charge < -0.3 is 0 Å². The smallest absolute Gasteiger partial charge is 0.178 e. The van der Waals surface area contributed by atoms with Crippen LogP contribution in [0.15, 0.2) is 65.5 Å². The molecular weight excluding hydrogens is 208 g/mol. The van der Waals surface area contributed by atoms with Crippen LogP contribution in [-0.2, 0) is 12.8 Å². The third-order valence-electron chi connectivity index (χ3n) is 2.81. The maximum absolute atomic E-state index is 11.1. The Balaban J connectivity index is 1.91. The number of hydrogen-bond donors (Lipinski definition) is 0. The molecule has 0 radical (unpaired) electrons. The Kier molecular flexibility index (Phi) is 4.09. The van der Waals surface area contributed by atoms with Gasteiger partial charge in [-0.05, 0) is 42.5 Å². The average molecular weight is 224 g/mol. The Labute approximate surface area is 102 Å². The molecule has 0 heterocycles. The molecule has 0 aliphatic heterocycles. The van der Waals surface area contributed by atoms with Gasteiger partial charge in [-0.2, -0.15) is 0 Å². The highest BCUT2D eigenvalue weighted by atomic mass is 16.1. The number of benzene rings is 1. The summed E-state index contributed by atoms with van der Waals surface area (Å²) >= 11 is 0. The number of hydrogen-bond acceptors (Lipinski definition) is 1. The zero-order valence-corrected chi connectivity index (χ0v) is 9.80. The minimum Gasteiger partial charge on any atom is -0.290 e. The fraction of sp³-hybridized carbons (Fsp3) is 0.188. The summed E-state index contributed by atoms with van der Waals surface area (Å²) in [7, 11) is 0. The van der Waals surface area contributed by atoms with Crippen LogP contribution in [0.4, 0.5) is 0 Å². The van der Waals surface area contributed by atoms with Crippen LogP contribution < -0.4 is 5.43 Å². The molecule has 0 saturated carbocycles. The molecule has 0 spiro atoms. The third kappa shape index (κ3) is 3.87. The molecule has 0 aliphatic carbocycles. The SMILES string of the molecule is O=c1cccc(CCCc2ccccc2)cc1. The molecule has 2 aromatic rings. The van der Waals surface area contributed by atoms with Crippen LogP contribution in [0.2, 0.25) is 0 Å². The molecule has 0 unspecified atom stereocenters. The fourth-order valence-electron chi connectivity index (χ4n) is 1.87. The average Bonchev–Trinajstić information content (AvgIpc) is 2.56. The van der Waals surface area contributed by atoms with E-state index in [0.717, 1.165) is 19.3 Å². The molecule has 0 fully saturated rings. The highest BCUT2D eigenvalue weighted by Crippen LogP contribution is 2.06. The van der Waals surface area contributed by atoms with Gasteiger partial charge >= 0.3 is 0 Å². The van der Waals surface area contributed by atoms with Gasteiger partial charge in [0.2, 0.25) is 0 Å². The molecule has 0 amide bonds. The van der Waals surface area contributed by atoms with Crippen molar-refractivity contribution < 1.29 is 0 Å². The fourth-order valence-corrected chi connectivity index (χ4v) is 1.87. The van der Waals surface area contributed by atoms with Crippen molar-refractivity contribution in [2.45, 2.75) is 19.3 Å². The van der Waals surface area contributed by atoms with E-state index in [1.165, 1.54) is 11.1 Å². The second kappa shape index (κ2) is 6.00. The van der Waals surface area contributed by atoms with Gasteiger partial charge in [-0.1, -0.05) is 48.5 Å². The Hall–Kier alpha value is -1.89. The normalized spacial score (nSPS) is 10.1. The molecule has 1 nitrogen and oxygen atoms in total. The van der Waals surface area contributed by atoms with Crippen LogP contribution >= 0.6 is 0 Å². The largest absolute Gasteiger partial charge is 0.290 e. The lowest BCUT2D eigenvalue weighted by Crippen LogP contribution is -1.90. The van der Waals surface area contributed by atoms with Gasteiger partial charge in [0.1, 0.15) is 0 Å². The van der Waals surface area contributed by atoms with Crippen LogP contribution in [0.5, 0.6) is 0 Å². The minimum atomic E-state index is 0.0688. The topological polar surface area (TPSA) is 17.1 Å². The predicted molar refractivity (Wildman–Crippen MR) is 71.2 cm³/mol. The third-order valence-corrected chi connectivity index (χ3v) is 2.81. The second-order valence-electron chi connectivity index (χ2n) is 4.18. The molecule has 17 heavy (non-hydrogen) atoms. The first-order chi connectivity index (χ1) is 8.34. The van der Waals surface area contributed by atoms with Crippen LogP contribution in [0.3, 0.4) is 0 Å². The lowest BCUT2D eigenvalue weighted by Gasteiger charge is -2.00. The summed E-state index contributed by atoms with van der Waals surface area (Å²) in [4.78, 5) is 11.1. The van der Waals surface area contributed by atoms with Crippen LogP contribution in [-0.4, -0.2) is 0 Å². The summed E-state index contributed by atoms with van der Waals surface area (Å²) in [5, 5.41) is 0. The van der Waals surface area contributed by atoms with Gasteiger partial charge in [0, 0.05) is 0 Å². The maximum atomic E-state index is 11.1. The van der Waals surface area contributed by atoms with Crippen molar-refractivity contribution in [3.05, 3.63) is 82.0 Å². The molecule has 0 N–H and O–H groups in total. The molecule has 1 heteroatoms. The van der Waals surface area contributed by atoms with Crippen molar-refractivity contribution in [2.75, 3.05) is 0 Å². The highest BCUT2D eigenvalue weighted by molar-refractivity contribution is 5.16. The second-order valence-corrected chi connectivity index (χ2v) is 4.18. The van der Waals surface area contributed by atoms with E-state index in [1.54, 1.807) is 12.1 Å². The first kappa shape index (κ1) is 11.6. The van der Waals surface area contributed by atoms with E-state index in [9.17, 15) is 4.79 Å². The van der Waals surface area contributed by atoms with E-state index < -0.39 is 0 Å². The van der Waals surface area contributed by atoms with Crippen LogP contribution in [0.25, 0.3) is 0 Å². The monoisotopic (exact) mass is 224 g/mol. The molecule has 0 bridgehead atoms. The van der Waals surface area contributed by atoms with Gasteiger partial charge in [-0.3, -0.25) is 4.79 Å². The zero-order chi connectivity index (χ0) is 11.9. The first-order valence-electron chi connectivity index (χ1n) is 5.98. The van der Waals surface area contributed by atoms with Gasteiger partial charge in [-0.25, -0.2) is 0 Å². The maximum Gasteiger partial charge on any atom is 0.178 e. The van der Waals surface area contributed by atoms with E-state index in [1.807, 2.05) is 24.3 Å². The minimum absolute atomic E-state index is 0.0688. The summed E-state index contributed by atoms with van der Waals surface area (Å²) in [6.07, 6.45) is 3.22. The molecule has 0 atom stereocenters. The number of rotatable bonds is 4. The molecular formula is C16H16O. The molecule has 0 aromatic heterocycles. The summed E-state index contributed by atoms with van der Waals surface area (Å²) in [6.45, 7) is 0. The first-order valence-corrected chi connectivity index (χ1v) is 5.98. The van der Waals surface area contributed by atoms with Gasteiger partial charge in [0.25, 0.3) is 0 Å².